The molecule has 0 radical (unpaired) electrons. The second-order valence-electron chi connectivity index (χ2n) is 5.22. The molecule has 0 fully saturated rings. The molecule has 0 saturated carbocycles. The summed E-state index contributed by atoms with van der Waals surface area (Å²) in [6, 6.07) is 3.29. The molecular weight excluding hydrogens is 215 g/mol. The lowest BCUT2D eigenvalue weighted by Crippen LogP contribution is -2.25. The second-order valence-corrected chi connectivity index (χ2v) is 5.22. The molecule has 0 heterocycles. The molecular formula is C14H23FN2. The van der Waals surface area contributed by atoms with Crippen LogP contribution in [0.1, 0.15) is 37.9 Å². The van der Waals surface area contributed by atoms with Crippen molar-refractivity contribution in [3.8, 4) is 0 Å². The SMILES string of the molecule is Cc1cc(N(C)CC(C)C)c([C@@H](C)N)cc1F. The van der Waals surface area contributed by atoms with Gasteiger partial charge in [0, 0.05) is 25.3 Å². The fourth-order valence-electron chi connectivity index (χ4n) is 2.02. The zero-order chi connectivity index (χ0) is 13.2. The van der Waals surface area contributed by atoms with Crippen LogP contribution in [0.4, 0.5) is 10.1 Å². The average molecular weight is 238 g/mol. The van der Waals surface area contributed by atoms with Gasteiger partial charge in [-0.2, -0.15) is 0 Å². The molecule has 3 heteroatoms. The fourth-order valence-corrected chi connectivity index (χ4v) is 2.02. The molecule has 0 spiro atoms. The van der Waals surface area contributed by atoms with Crippen molar-refractivity contribution in [1.82, 2.24) is 0 Å². The molecule has 0 amide bonds. The smallest absolute Gasteiger partial charge is 0.126 e. The van der Waals surface area contributed by atoms with Crippen molar-refractivity contribution in [1.29, 1.82) is 0 Å². The van der Waals surface area contributed by atoms with Gasteiger partial charge in [-0.15, -0.1) is 0 Å². The minimum Gasteiger partial charge on any atom is -0.374 e. The van der Waals surface area contributed by atoms with Gasteiger partial charge in [0.25, 0.3) is 0 Å². The molecule has 0 bridgehead atoms. The van der Waals surface area contributed by atoms with E-state index in [9.17, 15) is 4.39 Å². The van der Waals surface area contributed by atoms with Crippen LogP contribution in [0.15, 0.2) is 12.1 Å². The molecule has 0 unspecified atom stereocenters. The van der Waals surface area contributed by atoms with E-state index in [2.05, 4.69) is 18.7 Å². The summed E-state index contributed by atoms with van der Waals surface area (Å²) in [6.07, 6.45) is 0. The summed E-state index contributed by atoms with van der Waals surface area (Å²) >= 11 is 0. The van der Waals surface area contributed by atoms with Crippen molar-refractivity contribution in [2.24, 2.45) is 11.7 Å². The van der Waals surface area contributed by atoms with Crippen molar-refractivity contribution in [2.45, 2.75) is 33.7 Å². The van der Waals surface area contributed by atoms with Gasteiger partial charge in [0.1, 0.15) is 5.82 Å². The van der Waals surface area contributed by atoms with Crippen LogP contribution in [0.3, 0.4) is 0 Å². The molecule has 0 aliphatic heterocycles. The zero-order valence-electron chi connectivity index (χ0n) is 11.4. The first-order chi connectivity index (χ1) is 7.82. The highest BCUT2D eigenvalue weighted by Crippen LogP contribution is 2.28. The van der Waals surface area contributed by atoms with Gasteiger partial charge in [0.2, 0.25) is 0 Å². The Balaban J connectivity index is 3.16. The van der Waals surface area contributed by atoms with Gasteiger partial charge in [-0.3, -0.25) is 0 Å². The first-order valence-electron chi connectivity index (χ1n) is 6.09. The minimum absolute atomic E-state index is 0.158. The standard InChI is InChI=1S/C14H23FN2/c1-9(2)8-17(5)14-6-10(3)13(15)7-12(14)11(4)16/h6-7,9,11H,8,16H2,1-5H3/t11-/m1/s1. The predicted octanol–water partition coefficient (Wildman–Crippen LogP) is 3.25. The quantitative estimate of drug-likeness (QED) is 0.872. The highest BCUT2D eigenvalue weighted by molar-refractivity contribution is 5.56. The van der Waals surface area contributed by atoms with Crippen LogP contribution in [0.5, 0.6) is 0 Å². The summed E-state index contributed by atoms with van der Waals surface area (Å²) in [6.45, 7) is 8.94. The van der Waals surface area contributed by atoms with E-state index < -0.39 is 0 Å². The molecule has 0 saturated heterocycles. The van der Waals surface area contributed by atoms with E-state index in [1.54, 1.807) is 13.0 Å². The van der Waals surface area contributed by atoms with Crippen molar-refractivity contribution in [2.75, 3.05) is 18.5 Å². The first kappa shape index (κ1) is 14.0. The Bertz CT molecular complexity index is 386. The summed E-state index contributed by atoms with van der Waals surface area (Å²) in [4.78, 5) is 2.15. The van der Waals surface area contributed by atoms with Gasteiger partial charge in [-0.25, -0.2) is 4.39 Å². The Morgan fingerprint density at radius 1 is 1.29 bits per heavy atom. The molecule has 0 aromatic heterocycles. The van der Waals surface area contributed by atoms with Gasteiger partial charge in [0.05, 0.1) is 0 Å². The molecule has 1 aromatic rings. The Hall–Kier alpha value is -1.09. The maximum Gasteiger partial charge on any atom is 0.126 e. The highest BCUT2D eigenvalue weighted by atomic mass is 19.1. The number of rotatable bonds is 4. The molecule has 1 rings (SSSR count). The molecule has 0 aliphatic rings. The van der Waals surface area contributed by atoms with Crippen molar-refractivity contribution in [3.05, 3.63) is 29.1 Å². The van der Waals surface area contributed by atoms with Crippen LogP contribution in [0.25, 0.3) is 0 Å². The van der Waals surface area contributed by atoms with Crippen molar-refractivity contribution >= 4 is 5.69 Å². The second kappa shape index (κ2) is 5.50. The Morgan fingerprint density at radius 3 is 2.35 bits per heavy atom. The minimum atomic E-state index is -0.181. The van der Waals surface area contributed by atoms with Gasteiger partial charge >= 0.3 is 0 Å². The van der Waals surface area contributed by atoms with Gasteiger partial charge in [-0.1, -0.05) is 13.8 Å². The highest BCUT2D eigenvalue weighted by Gasteiger charge is 2.14. The van der Waals surface area contributed by atoms with Crippen LogP contribution in [-0.4, -0.2) is 13.6 Å². The Morgan fingerprint density at radius 2 is 1.88 bits per heavy atom. The lowest BCUT2D eigenvalue weighted by atomic mass is 10.0. The van der Waals surface area contributed by atoms with Crippen LogP contribution in [-0.2, 0) is 0 Å². The van der Waals surface area contributed by atoms with Gasteiger partial charge < -0.3 is 10.6 Å². The third-order valence-electron chi connectivity index (χ3n) is 2.85. The van der Waals surface area contributed by atoms with Crippen LogP contribution >= 0.6 is 0 Å². The monoisotopic (exact) mass is 238 g/mol. The average Bonchev–Trinajstić information content (AvgIpc) is 2.19. The Labute approximate surface area is 104 Å². The van der Waals surface area contributed by atoms with Crippen LogP contribution < -0.4 is 10.6 Å². The summed E-state index contributed by atoms with van der Waals surface area (Å²) in [5.74, 6) is 0.380. The number of hydrogen-bond acceptors (Lipinski definition) is 2. The first-order valence-corrected chi connectivity index (χ1v) is 6.09. The van der Waals surface area contributed by atoms with Gasteiger partial charge in [0.15, 0.2) is 0 Å². The number of nitrogens with two attached hydrogens (primary N) is 1. The summed E-state index contributed by atoms with van der Waals surface area (Å²) < 4.78 is 13.6. The van der Waals surface area contributed by atoms with Crippen LogP contribution in [0, 0.1) is 18.7 Å². The van der Waals surface area contributed by atoms with E-state index in [1.165, 1.54) is 0 Å². The largest absolute Gasteiger partial charge is 0.374 e. The summed E-state index contributed by atoms with van der Waals surface area (Å²) in [7, 11) is 2.03. The van der Waals surface area contributed by atoms with E-state index in [1.807, 2.05) is 20.0 Å². The lowest BCUT2D eigenvalue weighted by Gasteiger charge is -2.26. The third kappa shape index (κ3) is 3.43. The molecule has 0 aliphatic carbocycles. The number of anilines is 1. The Kier molecular flexibility index (Phi) is 4.52. The molecule has 96 valence electrons. The molecule has 2 nitrogen and oxygen atoms in total. The molecule has 2 N–H and O–H groups in total. The topological polar surface area (TPSA) is 29.3 Å². The van der Waals surface area contributed by atoms with E-state index >= 15 is 0 Å². The number of benzene rings is 1. The van der Waals surface area contributed by atoms with Gasteiger partial charge in [-0.05, 0) is 43.0 Å². The molecule has 1 aromatic carbocycles. The lowest BCUT2D eigenvalue weighted by molar-refractivity contribution is 0.608. The van der Waals surface area contributed by atoms with E-state index in [-0.39, 0.29) is 11.9 Å². The van der Waals surface area contributed by atoms with E-state index in [0.29, 0.717) is 11.5 Å². The van der Waals surface area contributed by atoms with Crippen LogP contribution in [0.2, 0.25) is 0 Å². The molecule has 17 heavy (non-hydrogen) atoms. The molecule has 1 atom stereocenters. The fraction of sp³-hybridized carbons (Fsp3) is 0.571. The number of hydrogen-bond donors (Lipinski definition) is 1. The van der Waals surface area contributed by atoms with Crippen molar-refractivity contribution < 1.29 is 4.39 Å². The number of halogens is 1. The number of aryl methyl sites for hydroxylation is 1. The van der Waals surface area contributed by atoms with E-state index in [4.69, 9.17) is 5.73 Å². The predicted molar refractivity (Wildman–Crippen MR) is 71.8 cm³/mol. The van der Waals surface area contributed by atoms with E-state index in [0.717, 1.165) is 17.8 Å². The zero-order valence-corrected chi connectivity index (χ0v) is 11.4. The summed E-state index contributed by atoms with van der Waals surface area (Å²) in [5.41, 5.74) is 8.48. The number of nitrogens with zero attached hydrogens (tertiary/aromatic N) is 1. The normalized spacial score (nSPS) is 12.9. The summed E-state index contributed by atoms with van der Waals surface area (Å²) in [5, 5.41) is 0. The maximum absolute atomic E-state index is 13.6. The maximum atomic E-state index is 13.6. The third-order valence-corrected chi connectivity index (χ3v) is 2.85. The van der Waals surface area contributed by atoms with Crippen molar-refractivity contribution in [3.63, 3.8) is 0 Å².